The van der Waals surface area contributed by atoms with Crippen LogP contribution in [0, 0.1) is 6.42 Å². The van der Waals surface area contributed by atoms with E-state index in [0.29, 0.717) is 0 Å². The third-order valence-electron chi connectivity index (χ3n) is 0.879. The molecule has 0 unspecified atom stereocenters. The summed E-state index contributed by atoms with van der Waals surface area (Å²) in [5, 5.41) is 0. The van der Waals surface area contributed by atoms with Crippen LogP contribution in [0.25, 0.3) is 0 Å². The van der Waals surface area contributed by atoms with Crippen molar-refractivity contribution in [2.75, 3.05) is 0 Å². The summed E-state index contributed by atoms with van der Waals surface area (Å²) in [6, 6.07) is 0. The molecule has 8 heavy (non-hydrogen) atoms. The molecule has 0 aliphatic carbocycles. The predicted octanol–water partition coefficient (Wildman–Crippen LogP) is 1.05. The van der Waals surface area contributed by atoms with Crippen LogP contribution in [-0.2, 0) is 0 Å². The van der Waals surface area contributed by atoms with Gasteiger partial charge in [0.05, 0.1) is 5.69 Å². The van der Waals surface area contributed by atoms with Gasteiger partial charge in [-0.3, -0.25) is 9.97 Å². The normalized spacial score (nSPS) is 9.12. The number of hydrogen-bond acceptors (Lipinski definition) is 2. The van der Waals surface area contributed by atoms with Crippen molar-refractivity contribution in [1.82, 2.24) is 9.97 Å². The Kier molecular flexibility index (Phi) is 1.57. The fourth-order valence-corrected chi connectivity index (χ4v) is 0.460. The van der Waals surface area contributed by atoms with Crippen LogP contribution in [0.5, 0.6) is 0 Å². The average Bonchev–Trinajstić information content (AvgIpc) is 1.90. The van der Waals surface area contributed by atoms with E-state index < -0.39 is 0 Å². The number of hydrogen-bond donors (Lipinski definition) is 0. The summed E-state index contributed by atoms with van der Waals surface area (Å²) in [5.41, 5.74) is 0.924. The van der Waals surface area contributed by atoms with Crippen LogP contribution in [0.4, 0.5) is 0 Å². The van der Waals surface area contributed by atoms with Crippen LogP contribution >= 0.6 is 0 Å². The van der Waals surface area contributed by atoms with E-state index in [4.69, 9.17) is 0 Å². The zero-order chi connectivity index (χ0) is 5.82. The Labute approximate surface area is 48.6 Å². The molecule has 1 radical (unpaired) electrons. The smallest absolute Gasteiger partial charge is 0.0621 e. The Morgan fingerprint density at radius 2 is 2.38 bits per heavy atom. The van der Waals surface area contributed by atoms with E-state index in [1.807, 2.05) is 13.3 Å². The molecule has 0 aliphatic heterocycles. The Balaban J connectivity index is 2.83. The highest BCUT2D eigenvalue weighted by atomic mass is 14.8. The van der Waals surface area contributed by atoms with Crippen molar-refractivity contribution >= 4 is 0 Å². The lowest BCUT2D eigenvalue weighted by Gasteiger charge is -1.87. The molecule has 0 saturated heterocycles. The molecule has 0 amide bonds. The van der Waals surface area contributed by atoms with Crippen molar-refractivity contribution in [1.29, 1.82) is 0 Å². The van der Waals surface area contributed by atoms with Gasteiger partial charge in [-0.2, -0.15) is 0 Å². The second-order valence-electron chi connectivity index (χ2n) is 1.42. The van der Waals surface area contributed by atoms with Crippen LogP contribution < -0.4 is 0 Å². The molecular formula is C6H7N2. The minimum atomic E-state index is 0.924. The molecule has 0 aliphatic rings. The lowest BCUT2D eigenvalue weighted by molar-refractivity contribution is 1.12. The second-order valence-corrected chi connectivity index (χ2v) is 1.42. The van der Waals surface area contributed by atoms with E-state index in [0.717, 1.165) is 5.69 Å². The zero-order valence-electron chi connectivity index (χ0n) is 4.70. The quantitative estimate of drug-likeness (QED) is 0.536. The Morgan fingerprint density at radius 1 is 1.50 bits per heavy atom. The second kappa shape index (κ2) is 2.40. The highest BCUT2D eigenvalue weighted by molar-refractivity contribution is 5.04. The molecule has 1 rings (SSSR count). The maximum absolute atomic E-state index is 3.98. The monoisotopic (exact) mass is 107 g/mol. The first-order valence-corrected chi connectivity index (χ1v) is 2.49. The van der Waals surface area contributed by atoms with E-state index in [-0.39, 0.29) is 0 Å². The summed E-state index contributed by atoms with van der Waals surface area (Å²) in [6.45, 7) is 1.93. The molecule has 1 heterocycles. The largest absolute Gasteiger partial charge is 0.261 e. The van der Waals surface area contributed by atoms with E-state index in [2.05, 4.69) is 9.97 Å². The molecule has 0 fully saturated rings. The fourth-order valence-electron chi connectivity index (χ4n) is 0.460. The highest BCUT2D eigenvalue weighted by Gasteiger charge is 1.83. The summed E-state index contributed by atoms with van der Waals surface area (Å²) in [5.74, 6) is 0. The molecule has 2 nitrogen and oxygen atoms in total. The number of aromatic nitrogens is 2. The van der Waals surface area contributed by atoms with Crippen molar-refractivity contribution in [2.24, 2.45) is 0 Å². The molecule has 41 valence electrons. The molecule has 1 aromatic rings. The van der Waals surface area contributed by atoms with Crippen molar-refractivity contribution in [3.63, 3.8) is 0 Å². The van der Waals surface area contributed by atoms with E-state index in [1.165, 1.54) is 0 Å². The molecule has 0 spiro atoms. The van der Waals surface area contributed by atoms with Crippen LogP contribution in [0.3, 0.4) is 0 Å². The summed E-state index contributed by atoms with van der Waals surface area (Å²) >= 11 is 0. The van der Waals surface area contributed by atoms with Crippen molar-refractivity contribution in [3.8, 4) is 0 Å². The molecule has 1 aromatic heterocycles. The van der Waals surface area contributed by atoms with E-state index in [1.54, 1.807) is 18.6 Å². The van der Waals surface area contributed by atoms with E-state index >= 15 is 0 Å². The summed E-state index contributed by atoms with van der Waals surface area (Å²) in [7, 11) is 0. The summed E-state index contributed by atoms with van der Waals surface area (Å²) < 4.78 is 0. The van der Waals surface area contributed by atoms with Gasteiger partial charge in [-0.05, 0) is 0 Å². The van der Waals surface area contributed by atoms with Gasteiger partial charge in [0.1, 0.15) is 0 Å². The minimum Gasteiger partial charge on any atom is -0.261 e. The third-order valence-corrected chi connectivity index (χ3v) is 0.879. The van der Waals surface area contributed by atoms with Gasteiger partial charge in [0, 0.05) is 25.0 Å². The summed E-state index contributed by atoms with van der Waals surface area (Å²) in [4.78, 5) is 7.84. The van der Waals surface area contributed by atoms with Crippen molar-refractivity contribution in [3.05, 3.63) is 30.7 Å². The molecule has 2 heteroatoms. The minimum absolute atomic E-state index is 0.924. The van der Waals surface area contributed by atoms with Crippen LogP contribution in [0.2, 0.25) is 0 Å². The Hall–Kier alpha value is -0.920. The average molecular weight is 107 g/mol. The lowest BCUT2D eigenvalue weighted by atomic mass is 10.4. The SMILES string of the molecule is C[CH]c1cnccn1. The van der Waals surface area contributed by atoms with Gasteiger partial charge in [-0.15, -0.1) is 0 Å². The van der Waals surface area contributed by atoms with Gasteiger partial charge >= 0.3 is 0 Å². The van der Waals surface area contributed by atoms with Gasteiger partial charge in [-0.25, -0.2) is 0 Å². The van der Waals surface area contributed by atoms with Crippen LogP contribution in [0.1, 0.15) is 12.6 Å². The highest BCUT2D eigenvalue weighted by Crippen LogP contribution is 1.90. The van der Waals surface area contributed by atoms with Gasteiger partial charge in [0.15, 0.2) is 0 Å². The number of nitrogens with zero attached hydrogens (tertiary/aromatic N) is 2. The van der Waals surface area contributed by atoms with Crippen LogP contribution in [0.15, 0.2) is 18.6 Å². The lowest BCUT2D eigenvalue weighted by Crippen LogP contribution is -1.82. The molecule has 0 aromatic carbocycles. The first kappa shape index (κ1) is 5.22. The standard InChI is InChI=1S/C6H7N2/c1-2-6-5-7-3-4-8-6/h2-5H,1H3. The topological polar surface area (TPSA) is 25.8 Å². The number of rotatable bonds is 1. The summed E-state index contributed by atoms with van der Waals surface area (Å²) in [6.07, 6.45) is 6.97. The van der Waals surface area contributed by atoms with Gasteiger partial charge in [-0.1, -0.05) is 6.92 Å². The van der Waals surface area contributed by atoms with E-state index in [9.17, 15) is 0 Å². The van der Waals surface area contributed by atoms with Crippen LogP contribution in [-0.4, -0.2) is 9.97 Å². The fraction of sp³-hybridized carbons (Fsp3) is 0.167. The molecular weight excluding hydrogens is 100 g/mol. The van der Waals surface area contributed by atoms with Gasteiger partial charge < -0.3 is 0 Å². The van der Waals surface area contributed by atoms with Gasteiger partial charge in [0.2, 0.25) is 0 Å². The molecule has 0 bridgehead atoms. The maximum Gasteiger partial charge on any atom is 0.0621 e. The molecule has 0 saturated carbocycles. The molecule has 0 atom stereocenters. The van der Waals surface area contributed by atoms with Gasteiger partial charge in [0.25, 0.3) is 0 Å². The Bertz CT molecular complexity index is 148. The van der Waals surface area contributed by atoms with Crippen molar-refractivity contribution in [2.45, 2.75) is 6.92 Å². The first-order chi connectivity index (χ1) is 3.93. The first-order valence-electron chi connectivity index (χ1n) is 2.49. The third kappa shape index (κ3) is 1.03. The maximum atomic E-state index is 3.98. The van der Waals surface area contributed by atoms with Crippen molar-refractivity contribution < 1.29 is 0 Å². The Morgan fingerprint density at radius 3 is 2.75 bits per heavy atom. The zero-order valence-corrected chi connectivity index (χ0v) is 4.70. The predicted molar refractivity (Wildman–Crippen MR) is 31.1 cm³/mol. The molecule has 0 N–H and O–H groups in total.